The van der Waals surface area contributed by atoms with Gasteiger partial charge in [-0.25, -0.2) is 4.79 Å². The van der Waals surface area contributed by atoms with E-state index in [1.807, 2.05) is 19.4 Å². The van der Waals surface area contributed by atoms with Crippen molar-refractivity contribution in [3.63, 3.8) is 0 Å². The van der Waals surface area contributed by atoms with Gasteiger partial charge in [0.1, 0.15) is 6.54 Å². The Hall–Kier alpha value is -1.02. The third-order valence-corrected chi connectivity index (χ3v) is 2.96. The Morgan fingerprint density at radius 2 is 1.79 bits per heavy atom. The molecule has 0 spiro atoms. The van der Waals surface area contributed by atoms with Gasteiger partial charge in [-0.2, -0.15) is 13.2 Å². The van der Waals surface area contributed by atoms with Gasteiger partial charge in [0.15, 0.2) is 0 Å². The fraction of sp³-hybridized carbons (Fsp3) is 0.909. The molecule has 1 fully saturated rings. The maximum Gasteiger partial charge on any atom is 0.405 e. The van der Waals surface area contributed by atoms with Crippen molar-refractivity contribution in [1.82, 2.24) is 20.0 Å². The molecule has 0 unspecified atom stereocenters. The van der Waals surface area contributed by atoms with E-state index in [-0.39, 0.29) is 0 Å². The van der Waals surface area contributed by atoms with Gasteiger partial charge < -0.3 is 15.1 Å². The Morgan fingerprint density at radius 1 is 1.21 bits per heavy atom. The van der Waals surface area contributed by atoms with Crippen molar-refractivity contribution in [2.75, 3.05) is 59.9 Å². The Kier molecular flexibility index (Phi) is 5.86. The van der Waals surface area contributed by atoms with E-state index < -0.39 is 18.8 Å². The van der Waals surface area contributed by atoms with E-state index in [0.717, 1.165) is 13.1 Å². The first-order valence-corrected chi connectivity index (χ1v) is 6.24. The summed E-state index contributed by atoms with van der Waals surface area (Å²) in [5.74, 6) is 0. The minimum Gasteiger partial charge on any atom is -0.329 e. The molecule has 0 saturated carbocycles. The molecule has 1 heterocycles. The minimum absolute atomic E-state index is 0.469. The normalized spacial score (nSPS) is 17.9. The number of piperazine rings is 1. The zero-order valence-corrected chi connectivity index (χ0v) is 11.3. The van der Waals surface area contributed by atoms with E-state index in [9.17, 15) is 18.0 Å². The summed E-state index contributed by atoms with van der Waals surface area (Å²) in [6.45, 7) is 2.91. The van der Waals surface area contributed by atoms with Crippen molar-refractivity contribution in [2.24, 2.45) is 0 Å². The summed E-state index contributed by atoms with van der Waals surface area (Å²) in [6.07, 6.45) is -4.36. The molecule has 1 N–H and O–H groups in total. The third kappa shape index (κ3) is 6.63. The lowest BCUT2D eigenvalue weighted by Crippen LogP contribution is -2.53. The SMILES string of the molecule is CN(C)CCN1CCN(C(=O)NCC(F)(F)F)CC1. The van der Waals surface area contributed by atoms with E-state index in [2.05, 4.69) is 9.80 Å². The number of urea groups is 1. The molecular formula is C11H21F3N4O. The maximum absolute atomic E-state index is 12.0. The van der Waals surface area contributed by atoms with Crippen LogP contribution in [0, 0.1) is 0 Å². The van der Waals surface area contributed by atoms with Gasteiger partial charge in [-0.05, 0) is 14.1 Å². The molecule has 1 aliphatic rings. The summed E-state index contributed by atoms with van der Waals surface area (Å²) in [5, 5.41) is 1.89. The molecule has 8 heteroatoms. The molecular weight excluding hydrogens is 261 g/mol. The van der Waals surface area contributed by atoms with Gasteiger partial charge in [0, 0.05) is 39.3 Å². The molecule has 0 bridgehead atoms. The number of carbonyl (C=O) groups is 1. The van der Waals surface area contributed by atoms with Crippen LogP contribution in [0.2, 0.25) is 0 Å². The minimum atomic E-state index is -4.36. The van der Waals surface area contributed by atoms with Gasteiger partial charge in [-0.3, -0.25) is 4.90 Å². The first-order valence-electron chi connectivity index (χ1n) is 6.24. The van der Waals surface area contributed by atoms with Crippen LogP contribution >= 0.6 is 0 Å². The van der Waals surface area contributed by atoms with Gasteiger partial charge in [-0.1, -0.05) is 0 Å². The quantitative estimate of drug-likeness (QED) is 0.813. The summed E-state index contributed by atoms with van der Waals surface area (Å²) >= 11 is 0. The van der Waals surface area contributed by atoms with E-state index in [0.29, 0.717) is 26.2 Å². The van der Waals surface area contributed by atoms with Gasteiger partial charge in [0.2, 0.25) is 0 Å². The highest BCUT2D eigenvalue weighted by atomic mass is 19.4. The van der Waals surface area contributed by atoms with Gasteiger partial charge >= 0.3 is 12.2 Å². The van der Waals surface area contributed by atoms with E-state index in [1.165, 1.54) is 4.90 Å². The standard InChI is InChI=1S/C11H21F3N4O/c1-16(2)3-4-17-5-7-18(8-6-17)10(19)15-9-11(12,13)14/h3-9H2,1-2H3,(H,15,19). The predicted octanol–water partition coefficient (Wildman–Crippen LogP) is 0.437. The van der Waals surface area contributed by atoms with Crippen LogP contribution in [0.3, 0.4) is 0 Å². The summed E-state index contributed by atoms with van der Waals surface area (Å²) in [7, 11) is 3.97. The Bertz CT molecular complexity index is 288. The number of hydrogen-bond acceptors (Lipinski definition) is 3. The van der Waals surface area contributed by atoms with Crippen LogP contribution in [0.25, 0.3) is 0 Å². The number of halogens is 3. The molecule has 112 valence electrons. The molecule has 0 radical (unpaired) electrons. The molecule has 5 nitrogen and oxygen atoms in total. The number of hydrogen-bond donors (Lipinski definition) is 1. The lowest BCUT2D eigenvalue weighted by atomic mass is 10.3. The van der Waals surface area contributed by atoms with Crippen molar-refractivity contribution in [3.05, 3.63) is 0 Å². The Morgan fingerprint density at radius 3 is 2.26 bits per heavy atom. The predicted molar refractivity (Wildman–Crippen MR) is 66.0 cm³/mol. The lowest BCUT2D eigenvalue weighted by Gasteiger charge is -2.35. The van der Waals surface area contributed by atoms with Crippen molar-refractivity contribution in [3.8, 4) is 0 Å². The number of likely N-dealkylation sites (N-methyl/N-ethyl adjacent to an activating group) is 1. The molecule has 0 aromatic rings. The van der Waals surface area contributed by atoms with E-state index in [4.69, 9.17) is 0 Å². The third-order valence-electron chi connectivity index (χ3n) is 2.96. The number of alkyl halides is 3. The average Bonchev–Trinajstić information content (AvgIpc) is 2.33. The molecule has 1 saturated heterocycles. The second kappa shape index (κ2) is 6.95. The van der Waals surface area contributed by atoms with Crippen LogP contribution in [0.5, 0.6) is 0 Å². The zero-order valence-electron chi connectivity index (χ0n) is 11.3. The summed E-state index contributed by atoms with van der Waals surface area (Å²) in [5.41, 5.74) is 0. The Labute approximate surface area is 111 Å². The first kappa shape index (κ1) is 16.0. The van der Waals surface area contributed by atoms with E-state index >= 15 is 0 Å². The fourth-order valence-electron chi connectivity index (χ4n) is 1.80. The van der Waals surface area contributed by atoms with Crippen LogP contribution in [0.1, 0.15) is 0 Å². The van der Waals surface area contributed by atoms with Gasteiger partial charge in [0.05, 0.1) is 0 Å². The van der Waals surface area contributed by atoms with E-state index in [1.54, 1.807) is 0 Å². The highest BCUT2D eigenvalue weighted by Crippen LogP contribution is 2.12. The maximum atomic E-state index is 12.0. The number of rotatable bonds is 4. The fourth-order valence-corrected chi connectivity index (χ4v) is 1.80. The van der Waals surface area contributed by atoms with Crippen LogP contribution in [-0.2, 0) is 0 Å². The average molecular weight is 282 g/mol. The summed E-state index contributed by atoms with van der Waals surface area (Å²) < 4.78 is 35.9. The second-order valence-electron chi connectivity index (χ2n) is 4.91. The van der Waals surface area contributed by atoms with Crippen LogP contribution in [0.15, 0.2) is 0 Å². The number of amides is 2. The molecule has 19 heavy (non-hydrogen) atoms. The van der Waals surface area contributed by atoms with Crippen LogP contribution in [-0.4, -0.2) is 86.8 Å². The van der Waals surface area contributed by atoms with Crippen molar-refractivity contribution >= 4 is 6.03 Å². The van der Waals surface area contributed by atoms with Crippen LogP contribution < -0.4 is 5.32 Å². The molecule has 0 aromatic carbocycles. The molecule has 0 aliphatic carbocycles. The number of nitrogens with one attached hydrogen (secondary N) is 1. The highest BCUT2D eigenvalue weighted by molar-refractivity contribution is 5.74. The van der Waals surface area contributed by atoms with Gasteiger partial charge in [-0.15, -0.1) is 0 Å². The molecule has 1 aliphatic heterocycles. The zero-order chi connectivity index (χ0) is 14.5. The van der Waals surface area contributed by atoms with Crippen molar-refractivity contribution < 1.29 is 18.0 Å². The monoisotopic (exact) mass is 282 g/mol. The second-order valence-corrected chi connectivity index (χ2v) is 4.91. The molecule has 1 rings (SSSR count). The van der Waals surface area contributed by atoms with Gasteiger partial charge in [0.25, 0.3) is 0 Å². The molecule has 0 aromatic heterocycles. The topological polar surface area (TPSA) is 38.8 Å². The summed E-state index contributed by atoms with van der Waals surface area (Å²) in [6, 6.07) is -0.635. The van der Waals surface area contributed by atoms with Crippen molar-refractivity contribution in [1.29, 1.82) is 0 Å². The molecule has 2 amide bonds. The lowest BCUT2D eigenvalue weighted by molar-refractivity contribution is -0.123. The van der Waals surface area contributed by atoms with Crippen molar-refractivity contribution in [2.45, 2.75) is 6.18 Å². The number of nitrogens with zero attached hydrogens (tertiary/aromatic N) is 3. The summed E-state index contributed by atoms with van der Waals surface area (Å²) in [4.78, 5) is 17.2. The Balaban J connectivity index is 2.23. The van der Waals surface area contributed by atoms with Crippen LogP contribution in [0.4, 0.5) is 18.0 Å². The largest absolute Gasteiger partial charge is 0.405 e. The number of carbonyl (C=O) groups excluding carboxylic acids is 1. The first-order chi connectivity index (χ1) is 8.78. The highest BCUT2D eigenvalue weighted by Gasteiger charge is 2.29. The molecule has 0 atom stereocenters. The smallest absolute Gasteiger partial charge is 0.329 e.